The Hall–Kier alpha value is -2.65. The summed E-state index contributed by atoms with van der Waals surface area (Å²) in [6.45, 7) is -0.497. The molecule has 1 aromatic heterocycles. The standard InChI is InChI=1S/C25H31IN2O9/c1-34-14-22(31)28(11-15-3-6-36-13-15)19-9-17(25(33)27-4-5-29)10-20(23(19)32)37-24-18(26)7-16(12-30)8-21(24)35-2/h3,6-8,10,13,19-20,23,29-30,32H,4-5,9,11-12,14H2,1-2H3,(H,27,33)/t19-,20+,23+/m1/s1. The number of furan rings is 1. The van der Waals surface area contributed by atoms with E-state index in [9.17, 15) is 19.8 Å². The van der Waals surface area contributed by atoms with E-state index in [4.69, 9.17) is 23.7 Å². The van der Waals surface area contributed by atoms with Crippen molar-refractivity contribution in [1.29, 1.82) is 0 Å². The number of amides is 2. The van der Waals surface area contributed by atoms with Crippen molar-refractivity contribution < 1.29 is 43.5 Å². The van der Waals surface area contributed by atoms with Crippen LogP contribution in [0.15, 0.2) is 46.8 Å². The van der Waals surface area contributed by atoms with Crippen molar-refractivity contribution >= 4 is 34.4 Å². The summed E-state index contributed by atoms with van der Waals surface area (Å²) in [5, 5.41) is 32.7. The van der Waals surface area contributed by atoms with Crippen molar-refractivity contribution in [3.8, 4) is 11.5 Å². The first-order valence-electron chi connectivity index (χ1n) is 11.5. The van der Waals surface area contributed by atoms with Crippen LogP contribution in [0.4, 0.5) is 0 Å². The molecule has 3 atom stereocenters. The van der Waals surface area contributed by atoms with Gasteiger partial charge in [0.1, 0.15) is 18.8 Å². The zero-order chi connectivity index (χ0) is 26.9. The van der Waals surface area contributed by atoms with Crippen LogP contribution in [-0.2, 0) is 27.5 Å². The second kappa shape index (κ2) is 13.8. The van der Waals surface area contributed by atoms with Crippen molar-refractivity contribution in [2.45, 2.75) is 37.8 Å². The third-order valence-corrected chi connectivity index (χ3v) is 6.66. The predicted octanol–water partition coefficient (Wildman–Crippen LogP) is 0.976. The number of carbonyl (C=O) groups excluding carboxylic acids is 2. The van der Waals surface area contributed by atoms with E-state index in [0.29, 0.717) is 26.2 Å². The lowest BCUT2D eigenvalue weighted by Gasteiger charge is -2.40. The monoisotopic (exact) mass is 630 g/mol. The maximum atomic E-state index is 13.1. The molecule has 0 saturated heterocycles. The minimum atomic E-state index is -1.22. The van der Waals surface area contributed by atoms with E-state index in [2.05, 4.69) is 5.32 Å². The van der Waals surface area contributed by atoms with Crippen LogP contribution in [0, 0.1) is 3.57 Å². The van der Waals surface area contributed by atoms with Crippen LogP contribution >= 0.6 is 22.6 Å². The smallest absolute Gasteiger partial charge is 0.249 e. The normalized spacial score (nSPS) is 19.2. The molecule has 37 heavy (non-hydrogen) atoms. The number of hydrogen-bond donors (Lipinski definition) is 4. The van der Waals surface area contributed by atoms with Gasteiger partial charge in [0.2, 0.25) is 11.8 Å². The summed E-state index contributed by atoms with van der Waals surface area (Å²) in [5.41, 5.74) is 1.61. The van der Waals surface area contributed by atoms with Crippen LogP contribution in [0.3, 0.4) is 0 Å². The van der Waals surface area contributed by atoms with Gasteiger partial charge in [-0.3, -0.25) is 9.59 Å². The molecule has 11 nitrogen and oxygen atoms in total. The van der Waals surface area contributed by atoms with Gasteiger partial charge in [0.25, 0.3) is 0 Å². The van der Waals surface area contributed by atoms with E-state index in [1.165, 1.54) is 37.7 Å². The molecule has 3 rings (SSSR count). The molecule has 1 aliphatic carbocycles. The van der Waals surface area contributed by atoms with Gasteiger partial charge in [-0.1, -0.05) is 0 Å². The average Bonchev–Trinajstić information content (AvgIpc) is 3.41. The number of halogens is 1. The molecule has 0 fully saturated rings. The molecule has 202 valence electrons. The Bertz CT molecular complexity index is 1090. The lowest BCUT2D eigenvalue weighted by atomic mass is 9.88. The highest BCUT2D eigenvalue weighted by molar-refractivity contribution is 14.1. The summed E-state index contributed by atoms with van der Waals surface area (Å²) in [7, 11) is 2.86. The van der Waals surface area contributed by atoms with Crippen molar-refractivity contribution in [3.63, 3.8) is 0 Å². The van der Waals surface area contributed by atoms with Gasteiger partial charge >= 0.3 is 0 Å². The SMILES string of the molecule is COCC(=O)N(Cc1ccoc1)[C@@H]1CC(C(=O)NCCO)=C[C@H](Oc2c(I)cc(CO)cc2OC)[C@H]1O. The van der Waals surface area contributed by atoms with Gasteiger partial charge in [-0.15, -0.1) is 0 Å². The Kier molecular flexibility index (Phi) is 10.8. The molecule has 0 radical (unpaired) electrons. The Labute approximate surface area is 228 Å². The van der Waals surface area contributed by atoms with E-state index in [-0.39, 0.29) is 50.8 Å². The zero-order valence-electron chi connectivity index (χ0n) is 20.6. The second-order valence-electron chi connectivity index (χ2n) is 8.37. The molecular weight excluding hydrogens is 599 g/mol. The lowest BCUT2D eigenvalue weighted by Crippen LogP contribution is -2.55. The van der Waals surface area contributed by atoms with E-state index < -0.39 is 24.2 Å². The van der Waals surface area contributed by atoms with Crippen molar-refractivity contribution in [2.24, 2.45) is 0 Å². The van der Waals surface area contributed by atoms with Gasteiger partial charge in [-0.05, 0) is 52.4 Å². The summed E-state index contributed by atoms with van der Waals surface area (Å²) >= 11 is 2.04. The van der Waals surface area contributed by atoms with Crippen LogP contribution in [0.1, 0.15) is 17.5 Å². The summed E-state index contributed by atoms with van der Waals surface area (Å²) in [6.07, 6.45) is 2.29. The predicted molar refractivity (Wildman–Crippen MR) is 140 cm³/mol. The van der Waals surface area contributed by atoms with Gasteiger partial charge in [-0.2, -0.15) is 0 Å². The van der Waals surface area contributed by atoms with Crippen molar-refractivity contribution in [1.82, 2.24) is 10.2 Å². The minimum Gasteiger partial charge on any atom is -0.493 e. The van der Waals surface area contributed by atoms with Crippen LogP contribution in [0.25, 0.3) is 0 Å². The molecule has 4 N–H and O–H groups in total. The van der Waals surface area contributed by atoms with Gasteiger partial charge in [0, 0.05) is 37.8 Å². The van der Waals surface area contributed by atoms with E-state index in [1.807, 2.05) is 22.6 Å². The number of benzene rings is 1. The summed E-state index contributed by atoms with van der Waals surface area (Å²) in [5.74, 6) is -0.168. The van der Waals surface area contributed by atoms with Gasteiger partial charge in [0.05, 0.1) is 42.5 Å². The molecule has 2 amide bonds. The van der Waals surface area contributed by atoms with Crippen LogP contribution < -0.4 is 14.8 Å². The fourth-order valence-electron chi connectivity index (χ4n) is 4.07. The van der Waals surface area contributed by atoms with Gasteiger partial charge < -0.3 is 44.2 Å². The summed E-state index contributed by atoms with van der Waals surface area (Å²) < 4.78 is 22.5. The Balaban J connectivity index is 2.01. The van der Waals surface area contributed by atoms with Gasteiger partial charge in [0.15, 0.2) is 11.5 Å². The molecule has 1 aliphatic rings. The average molecular weight is 630 g/mol. The maximum Gasteiger partial charge on any atom is 0.249 e. The number of nitrogens with zero attached hydrogens (tertiary/aromatic N) is 1. The molecular formula is C25H31IN2O9. The van der Waals surface area contributed by atoms with Crippen molar-refractivity contribution in [2.75, 3.05) is 34.0 Å². The van der Waals surface area contributed by atoms with Crippen molar-refractivity contribution in [3.05, 3.63) is 57.1 Å². The fourth-order valence-corrected chi connectivity index (χ4v) is 4.86. The number of nitrogens with one attached hydrogen (secondary N) is 1. The highest BCUT2D eigenvalue weighted by Crippen LogP contribution is 2.37. The number of hydrogen-bond acceptors (Lipinski definition) is 9. The number of aliphatic hydroxyl groups excluding tert-OH is 3. The van der Waals surface area contributed by atoms with E-state index in [0.717, 1.165) is 0 Å². The highest BCUT2D eigenvalue weighted by Gasteiger charge is 2.41. The lowest BCUT2D eigenvalue weighted by molar-refractivity contribution is -0.143. The van der Waals surface area contributed by atoms with Gasteiger partial charge in [-0.25, -0.2) is 0 Å². The molecule has 0 bridgehead atoms. The van der Waals surface area contributed by atoms with Crippen LogP contribution in [0.5, 0.6) is 11.5 Å². The Morgan fingerprint density at radius 1 is 1.24 bits per heavy atom. The molecule has 0 saturated carbocycles. The maximum absolute atomic E-state index is 13.1. The number of carbonyl (C=O) groups is 2. The molecule has 0 spiro atoms. The summed E-state index contributed by atoms with van der Waals surface area (Å²) in [4.78, 5) is 27.4. The zero-order valence-corrected chi connectivity index (χ0v) is 22.7. The molecule has 2 aromatic rings. The van der Waals surface area contributed by atoms with Crippen LogP contribution in [0.2, 0.25) is 0 Å². The molecule has 1 aromatic carbocycles. The molecule has 12 heteroatoms. The first-order chi connectivity index (χ1) is 17.8. The summed E-state index contributed by atoms with van der Waals surface area (Å²) in [6, 6.07) is 4.20. The minimum absolute atomic E-state index is 0.0449. The molecule has 0 unspecified atom stereocenters. The number of methoxy groups -OCH3 is 2. The molecule has 0 aliphatic heterocycles. The first kappa shape index (κ1) is 28.9. The first-order valence-corrected chi connectivity index (χ1v) is 12.6. The quantitative estimate of drug-likeness (QED) is 0.252. The number of rotatable bonds is 12. The Morgan fingerprint density at radius 3 is 2.65 bits per heavy atom. The second-order valence-corrected chi connectivity index (χ2v) is 9.53. The topological polar surface area (TPSA) is 151 Å². The largest absolute Gasteiger partial charge is 0.493 e. The van der Waals surface area contributed by atoms with Crippen LogP contribution in [-0.4, -0.2) is 84.3 Å². The third kappa shape index (κ3) is 7.23. The highest BCUT2D eigenvalue weighted by atomic mass is 127. The number of aliphatic hydroxyl groups is 3. The third-order valence-electron chi connectivity index (χ3n) is 5.86. The van der Waals surface area contributed by atoms with E-state index >= 15 is 0 Å². The fraction of sp³-hybridized carbons (Fsp3) is 0.440. The Morgan fingerprint density at radius 2 is 2.03 bits per heavy atom. The van der Waals surface area contributed by atoms with E-state index in [1.54, 1.807) is 18.2 Å². The number of ether oxygens (including phenoxy) is 3. The molecule has 1 heterocycles.